The van der Waals surface area contributed by atoms with Gasteiger partial charge in [0.25, 0.3) is 5.91 Å². The highest BCUT2D eigenvalue weighted by molar-refractivity contribution is 6.34. The second kappa shape index (κ2) is 9.22. The lowest BCUT2D eigenvalue weighted by molar-refractivity contribution is -0.157. The van der Waals surface area contributed by atoms with Crippen molar-refractivity contribution in [1.29, 1.82) is 0 Å². The van der Waals surface area contributed by atoms with E-state index < -0.39 is 52.9 Å². The third kappa shape index (κ3) is 3.52. The van der Waals surface area contributed by atoms with Crippen molar-refractivity contribution >= 4 is 35.1 Å². The number of benzene rings is 1. The number of carbonyl (C=O) groups is 3. The molecule has 1 spiro atoms. The van der Waals surface area contributed by atoms with E-state index in [1.54, 1.807) is 18.2 Å². The van der Waals surface area contributed by atoms with Gasteiger partial charge in [0.1, 0.15) is 17.6 Å². The van der Waals surface area contributed by atoms with E-state index in [4.69, 9.17) is 16.3 Å². The third-order valence-electron chi connectivity index (χ3n) is 8.23. The predicted octanol–water partition coefficient (Wildman–Crippen LogP) is 3.18. The molecule has 3 aliphatic heterocycles. The molecular weight excluding hydrogens is 472 g/mol. The number of hydrogen-bond acceptors (Lipinski definition) is 5. The molecule has 3 fully saturated rings. The number of carbonyl (C=O) groups excluding carboxylic acids is 2. The van der Waals surface area contributed by atoms with Crippen LogP contribution in [-0.2, 0) is 19.1 Å². The Labute approximate surface area is 210 Å². The molecule has 0 aromatic heterocycles. The zero-order valence-electron chi connectivity index (χ0n) is 20.4. The van der Waals surface area contributed by atoms with Crippen molar-refractivity contribution in [3.63, 3.8) is 0 Å². The van der Waals surface area contributed by atoms with Gasteiger partial charge in [0, 0.05) is 6.54 Å². The molecule has 4 rings (SSSR count). The number of carboxylic acid groups (broad SMARTS) is 1. The van der Waals surface area contributed by atoms with E-state index in [0.717, 1.165) is 5.56 Å². The van der Waals surface area contributed by atoms with Crippen molar-refractivity contribution < 1.29 is 29.3 Å². The van der Waals surface area contributed by atoms with Crippen LogP contribution in [0.3, 0.4) is 0 Å². The molecule has 2 unspecified atom stereocenters. The predicted molar refractivity (Wildman–Crippen MR) is 131 cm³/mol. The Bertz CT molecular complexity index is 1040. The number of amides is 2. The molecule has 6 atom stereocenters. The summed E-state index contributed by atoms with van der Waals surface area (Å²) in [7, 11) is 0. The molecule has 0 saturated carbocycles. The summed E-state index contributed by atoms with van der Waals surface area (Å²) >= 11 is 6.53. The molecule has 2 N–H and O–H groups in total. The number of carboxylic acids is 1. The fourth-order valence-electron chi connectivity index (χ4n) is 6.65. The molecule has 0 radical (unpaired) electrons. The van der Waals surface area contributed by atoms with Crippen molar-refractivity contribution in [3.8, 4) is 0 Å². The Morgan fingerprint density at radius 3 is 2.63 bits per heavy atom. The Balaban J connectivity index is 1.90. The maximum Gasteiger partial charge on any atom is 0.310 e. The second-order valence-electron chi connectivity index (χ2n) is 9.80. The number of anilines is 1. The molecule has 1 aromatic carbocycles. The minimum absolute atomic E-state index is 0.139. The van der Waals surface area contributed by atoms with Crippen LogP contribution in [0.2, 0.25) is 5.02 Å². The van der Waals surface area contributed by atoms with Crippen LogP contribution in [0.5, 0.6) is 0 Å². The number of hydrogen-bond donors (Lipinski definition) is 2. The molecular formula is C26H33ClN2O6. The average molecular weight is 505 g/mol. The van der Waals surface area contributed by atoms with Gasteiger partial charge < -0.3 is 24.7 Å². The summed E-state index contributed by atoms with van der Waals surface area (Å²) < 4.78 is 6.56. The van der Waals surface area contributed by atoms with Gasteiger partial charge in [-0.2, -0.15) is 0 Å². The molecule has 3 heterocycles. The molecule has 190 valence electrons. The summed E-state index contributed by atoms with van der Waals surface area (Å²) in [5, 5.41) is 20.7. The van der Waals surface area contributed by atoms with Crippen LogP contribution < -0.4 is 4.90 Å². The standard InChI is InChI=1S/C26H33ClN2O6/c1-5-13-28(20-15(4)9-8-10-17(20)27)23(32)21-26-12-11-25(7-3,35-26)19(24(33)34)18(26)22(31)29(21)16(6-2)14-30/h5,8-10,16,18-19,21,30H,1,6-7,11-14H2,2-4H3,(H,33,34)/t16-,18-,19+,21?,25-,26?/m0/s1. The van der Waals surface area contributed by atoms with Crippen molar-refractivity contribution in [1.82, 2.24) is 4.90 Å². The second-order valence-corrected chi connectivity index (χ2v) is 10.2. The van der Waals surface area contributed by atoms with Crippen molar-refractivity contribution in [2.45, 2.75) is 69.7 Å². The SMILES string of the molecule is C=CCN(C(=O)C1N([C@@H](CC)CO)C(=O)[C@@H]2[C@H](C(=O)O)[C@]3(CC)CCC12O3)c1c(C)cccc1Cl. The smallest absolute Gasteiger partial charge is 0.310 e. The van der Waals surface area contributed by atoms with Crippen LogP contribution >= 0.6 is 11.6 Å². The van der Waals surface area contributed by atoms with E-state index in [1.165, 1.54) is 9.80 Å². The highest BCUT2D eigenvalue weighted by Gasteiger charge is 2.79. The number of likely N-dealkylation sites (tertiary alicyclic amines) is 1. The minimum Gasteiger partial charge on any atom is -0.481 e. The Hall–Kier alpha value is -2.42. The van der Waals surface area contributed by atoms with E-state index in [1.807, 2.05) is 26.8 Å². The maximum atomic E-state index is 14.4. The maximum absolute atomic E-state index is 14.4. The lowest BCUT2D eigenvalue weighted by Gasteiger charge is -2.39. The Morgan fingerprint density at radius 2 is 2.09 bits per heavy atom. The quantitative estimate of drug-likeness (QED) is 0.500. The third-order valence-corrected chi connectivity index (χ3v) is 8.54. The topological polar surface area (TPSA) is 107 Å². The monoisotopic (exact) mass is 504 g/mol. The normalized spacial score (nSPS) is 32.0. The minimum atomic E-state index is -1.29. The lowest BCUT2D eigenvalue weighted by atomic mass is 9.65. The van der Waals surface area contributed by atoms with Crippen LogP contribution in [0.25, 0.3) is 0 Å². The molecule has 1 aromatic rings. The molecule has 9 heteroatoms. The van der Waals surface area contributed by atoms with E-state index in [-0.39, 0.29) is 13.2 Å². The van der Waals surface area contributed by atoms with E-state index in [9.17, 15) is 24.6 Å². The molecule has 8 nitrogen and oxygen atoms in total. The number of aryl methyl sites for hydroxylation is 1. The summed E-state index contributed by atoms with van der Waals surface area (Å²) in [6.07, 6.45) is 3.25. The Morgan fingerprint density at radius 1 is 1.37 bits per heavy atom. The van der Waals surface area contributed by atoms with Gasteiger partial charge in [0.05, 0.1) is 34.9 Å². The first-order valence-corrected chi connectivity index (χ1v) is 12.5. The number of aliphatic carboxylic acids is 1. The molecule has 0 aliphatic carbocycles. The van der Waals surface area contributed by atoms with Gasteiger partial charge in [0.2, 0.25) is 5.91 Å². The summed E-state index contributed by atoms with van der Waals surface area (Å²) in [5.41, 5.74) is -1.00. The molecule has 2 amide bonds. The highest BCUT2D eigenvalue weighted by Crippen LogP contribution is 2.64. The molecule has 35 heavy (non-hydrogen) atoms. The van der Waals surface area contributed by atoms with Crippen LogP contribution in [0, 0.1) is 18.8 Å². The van der Waals surface area contributed by atoms with Crippen LogP contribution in [-0.4, -0.2) is 69.3 Å². The fourth-order valence-corrected chi connectivity index (χ4v) is 6.97. The highest BCUT2D eigenvalue weighted by atomic mass is 35.5. The van der Waals surface area contributed by atoms with Gasteiger partial charge in [-0.25, -0.2) is 0 Å². The van der Waals surface area contributed by atoms with Gasteiger partial charge >= 0.3 is 5.97 Å². The first-order chi connectivity index (χ1) is 16.6. The van der Waals surface area contributed by atoms with Gasteiger partial charge in [-0.15, -0.1) is 6.58 Å². The van der Waals surface area contributed by atoms with Crippen molar-refractivity contribution in [2.24, 2.45) is 11.8 Å². The van der Waals surface area contributed by atoms with E-state index >= 15 is 0 Å². The number of halogens is 1. The van der Waals surface area contributed by atoms with Gasteiger partial charge in [-0.3, -0.25) is 14.4 Å². The number of para-hydroxylation sites is 1. The summed E-state index contributed by atoms with van der Waals surface area (Å²) in [5.74, 6) is -4.01. The van der Waals surface area contributed by atoms with E-state index in [0.29, 0.717) is 36.4 Å². The van der Waals surface area contributed by atoms with Crippen LogP contribution in [0.15, 0.2) is 30.9 Å². The number of nitrogens with zero attached hydrogens (tertiary/aromatic N) is 2. The summed E-state index contributed by atoms with van der Waals surface area (Å²) in [6, 6.07) is 3.59. The number of rotatable bonds is 9. The zero-order valence-corrected chi connectivity index (χ0v) is 21.1. The average Bonchev–Trinajstić information content (AvgIpc) is 3.43. The number of ether oxygens (including phenoxy) is 1. The first kappa shape index (κ1) is 25.7. The molecule has 3 saturated heterocycles. The van der Waals surface area contributed by atoms with Crippen LogP contribution in [0.1, 0.15) is 45.1 Å². The molecule has 3 aliphatic rings. The first-order valence-electron chi connectivity index (χ1n) is 12.2. The number of fused-ring (bicyclic) bond motifs is 1. The van der Waals surface area contributed by atoms with Gasteiger partial charge in [-0.05, 0) is 44.2 Å². The summed E-state index contributed by atoms with van der Waals surface area (Å²) in [4.78, 5) is 43.7. The number of aliphatic hydroxyl groups excluding tert-OH is 1. The number of aliphatic hydroxyl groups is 1. The van der Waals surface area contributed by atoms with E-state index in [2.05, 4.69) is 6.58 Å². The van der Waals surface area contributed by atoms with Crippen molar-refractivity contribution in [3.05, 3.63) is 41.4 Å². The lowest BCUT2D eigenvalue weighted by Crippen LogP contribution is -2.59. The summed E-state index contributed by atoms with van der Waals surface area (Å²) in [6.45, 7) is 9.11. The van der Waals surface area contributed by atoms with Gasteiger partial charge in [0.15, 0.2) is 0 Å². The van der Waals surface area contributed by atoms with Gasteiger partial charge in [-0.1, -0.05) is 43.7 Å². The molecule has 2 bridgehead atoms. The zero-order chi connectivity index (χ0) is 25.7. The Kier molecular flexibility index (Phi) is 6.76. The fraction of sp³-hybridized carbons (Fsp3) is 0.577. The van der Waals surface area contributed by atoms with Crippen molar-refractivity contribution in [2.75, 3.05) is 18.1 Å². The van der Waals surface area contributed by atoms with Crippen LogP contribution in [0.4, 0.5) is 5.69 Å². The largest absolute Gasteiger partial charge is 0.481 e.